The van der Waals surface area contributed by atoms with Crippen LogP contribution in [0.1, 0.15) is 17.7 Å². The Labute approximate surface area is 145 Å². The van der Waals surface area contributed by atoms with Crippen molar-refractivity contribution in [3.8, 4) is 0 Å². The predicted molar refractivity (Wildman–Crippen MR) is 93.1 cm³/mol. The Morgan fingerprint density at radius 2 is 2.23 bits per heavy atom. The Bertz CT molecular complexity index is 799. The third-order valence-corrected chi connectivity index (χ3v) is 5.40. The van der Waals surface area contributed by atoms with Gasteiger partial charge in [-0.2, -0.15) is 0 Å². The molecule has 0 unspecified atom stereocenters. The van der Waals surface area contributed by atoms with Crippen LogP contribution in [0.25, 0.3) is 0 Å². The molecule has 0 saturated carbocycles. The van der Waals surface area contributed by atoms with Crippen LogP contribution in [0.15, 0.2) is 26.8 Å². The lowest BCUT2D eigenvalue weighted by Gasteiger charge is -2.30. The molecule has 2 heterocycles. The van der Waals surface area contributed by atoms with Crippen molar-refractivity contribution in [3.05, 3.63) is 47.9 Å². The Morgan fingerprint density at radius 3 is 2.91 bits per heavy atom. The van der Waals surface area contributed by atoms with Crippen LogP contribution in [0.4, 0.5) is 5.69 Å². The summed E-state index contributed by atoms with van der Waals surface area (Å²) in [5.74, 6) is -0.103. The number of hydrogen-bond donors (Lipinski definition) is 0. The third-order valence-electron chi connectivity index (χ3n) is 3.78. The highest BCUT2D eigenvalue weighted by molar-refractivity contribution is 9.10. The fourth-order valence-corrected chi connectivity index (χ4v) is 4.43. The number of halogens is 2. The molecule has 22 heavy (non-hydrogen) atoms. The van der Waals surface area contributed by atoms with E-state index >= 15 is 0 Å². The smallest absolute Gasteiger partial charge is 0.307 e. The second kappa shape index (κ2) is 6.18. The summed E-state index contributed by atoms with van der Waals surface area (Å²) >= 11 is 10.9. The number of hydrogen-bond acceptors (Lipinski definition) is 3. The van der Waals surface area contributed by atoms with Crippen LogP contribution in [0, 0.1) is 6.92 Å². The van der Waals surface area contributed by atoms with Gasteiger partial charge in [-0.25, -0.2) is 0 Å². The van der Waals surface area contributed by atoms with E-state index in [1.54, 1.807) is 16.3 Å². The van der Waals surface area contributed by atoms with Crippen LogP contribution >= 0.6 is 38.9 Å². The van der Waals surface area contributed by atoms with Gasteiger partial charge in [-0.05, 0) is 37.5 Å². The molecule has 1 amide bonds. The van der Waals surface area contributed by atoms with E-state index < -0.39 is 0 Å². The molecule has 2 aromatic rings. The molecule has 1 aliphatic heterocycles. The number of fused-ring (bicyclic) bond motifs is 1. The molecule has 4 nitrogen and oxygen atoms in total. The van der Waals surface area contributed by atoms with Crippen molar-refractivity contribution >= 4 is 50.5 Å². The molecule has 3 rings (SSSR count). The molecule has 1 aromatic heterocycles. The van der Waals surface area contributed by atoms with Gasteiger partial charge in [-0.15, -0.1) is 0 Å². The zero-order valence-corrected chi connectivity index (χ0v) is 15.1. The zero-order valence-electron chi connectivity index (χ0n) is 11.9. The highest BCUT2D eigenvalue weighted by atomic mass is 79.9. The van der Waals surface area contributed by atoms with Crippen molar-refractivity contribution in [3.63, 3.8) is 0 Å². The number of thiazole rings is 1. The Balaban J connectivity index is 1.94. The molecule has 0 fully saturated rings. The van der Waals surface area contributed by atoms with E-state index in [-0.39, 0.29) is 17.3 Å². The van der Waals surface area contributed by atoms with Crippen LogP contribution in [0.5, 0.6) is 0 Å². The molecule has 116 valence electrons. The van der Waals surface area contributed by atoms with Gasteiger partial charge in [0.2, 0.25) is 5.91 Å². The maximum atomic E-state index is 12.7. The highest BCUT2D eigenvalue weighted by Crippen LogP contribution is 2.37. The number of benzene rings is 1. The van der Waals surface area contributed by atoms with E-state index in [4.69, 9.17) is 11.6 Å². The van der Waals surface area contributed by atoms with Crippen LogP contribution in [-0.4, -0.2) is 17.0 Å². The van der Waals surface area contributed by atoms with Crippen molar-refractivity contribution in [1.29, 1.82) is 0 Å². The van der Waals surface area contributed by atoms with E-state index in [1.807, 2.05) is 13.0 Å². The van der Waals surface area contributed by atoms with Crippen molar-refractivity contribution in [2.75, 3.05) is 11.4 Å². The lowest BCUT2D eigenvalue weighted by atomic mass is 10.0. The molecule has 7 heteroatoms. The first-order valence-corrected chi connectivity index (χ1v) is 8.95. The van der Waals surface area contributed by atoms with Gasteiger partial charge >= 0.3 is 4.87 Å². The highest BCUT2D eigenvalue weighted by Gasteiger charge is 2.26. The average Bonchev–Trinajstić information content (AvgIpc) is 2.78. The number of amides is 1. The van der Waals surface area contributed by atoms with Crippen molar-refractivity contribution in [2.24, 2.45) is 0 Å². The van der Waals surface area contributed by atoms with Crippen molar-refractivity contribution in [1.82, 2.24) is 4.57 Å². The molecule has 1 aromatic carbocycles. The molecule has 0 N–H and O–H groups in total. The number of nitrogens with zero attached hydrogens (tertiary/aromatic N) is 2. The minimum Gasteiger partial charge on any atom is -0.309 e. The van der Waals surface area contributed by atoms with Gasteiger partial charge in [0.1, 0.15) is 6.54 Å². The monoisotopic (exact) mass is 400 g/mol. The van der Waals surface area contributed by atoms with Gasteiger partial charge < -0.3 is 4.90 Å². The van der Waals surface area contributed by atoms with Gasteiger partial charge in [0.15, 0.2) is 0 Å². The summed E-state index contributed by atoms with van der Waals surface area (Å²) in [4.78, 5) is 26.1. The lowest BCUT2D eigenvalue weighted by Crippen LogP contribution is -2.39. The first-order chi connectivity index (χ1) is 10.5. The number of rotatable bonds is 2. The van der Waals surface area contributed by atoms with Crippen molar-refractivity contribution < 1.29 is 4.79 Å². The molecule has 0 saturated heterocycles. The molecule has 0 radical (unpaired) electrons. The first-order valence-electron chi connectivity index (χ1n) is 6.90. The van der Waals surface area contributed by atoms with Crippen molar-refractivity contribution in [2.45, 2.75) is 26.3 Å². The number of carbonyl (C=O) groups excluding carboxylic acids is 1. The third kappa shape index (κ3) is 2.87. The van der Waals surface area contributed by atoms with Crippen LogP contribution in [0.2, 0.25) is 5.02 Å². The molecular formula is C15H14BrClN2O2S. The van der Waals surface area contributed by atoms with Gasteiger partial charge in [-0.3, -0.25) is 14.2 Å². The first kappa shape index (κ1) is 15.8. The minimum atomic E-state index is -0.106. The summed E-state index contributed by atoms with van der Waals surface area (Å²) in [5, 5.41) is 2.33. The predicted octanol–water partition coefficient (Wildman–Crippen LogP) is 3.61. The number of anilines is 1. The Morgan fingerprint density at radius 1 is 1.45 bits per heavy atom. The molecule has 0 spiro atoms. The van der Waals surface area contributed by atoms with Gasteiger partial charge in [0.25, 0.3) is 0 Å². The average molecular weight is 402 g/mol. The van der Waals surface area contributed by atoms with E-state index in [0.717, 1.165) is 45.6 Å². The number of carbonyl (C=O) groups is 1. The minimum absolute atomic E-state index is 0.0556. The van der Waals surface area contributed by atoms with Gasteiger partial charge in [0.05, 0.1) is 10.7 Å². The number of aromatic nitrogens is 1. The fourth-order valence-electron chi connectivity index (χ4n) is 2.72. The van der Waals surface area contributed by atoms with Gasteiger partial charge in [0, 0.05) is 22.1 Å². The Hall–Kier alpha value is -1.11. The van der Waals surface area contributed by atoms with Gasteiger partial charge in [-0.1, -0.05) is 38.9 Å². The fraction of sp³-hybridized carbons (Fsp3) is 0.333. The molecule has 0 bridgehead atoms. The molecule has 0 atom stereocenters. The second-order valence-electron chi connectivity index (χ2n) is 5.27. The molecule has 1 aliphatic rings. The summed E-state index contributed by atoms with van der Waals surface area (Å²) in [6, 6.07) is 3.80. The lowest BCUT2D eigenvalue weighted by molar-refractivity contribution is -0.119. The topological polar surface area (TPSA) is 42.3 Å². The summed E-state index contributed by atoms with van der Waals surface area (Å²) in [6.07, 6.45) is 1.79. The van der Waals surface area contributed by atoms with E-state index in [2.05, 4.69) is 15.9 Å². The van der Waals surface area contributed by atoms with E-state index in [1.165, 1.54) is 4.57 Å². The Kier molecular flexibility index (Phi) is 4.43. The summed E-state index contributed by atoms with van der Waals surface area (Å²) < 4.78 is 2.42. The maximum Gasteiger partial charge on any atom is 0.307 e. The summed E-state index contributed by atoms with van der Waals surface area (Å²) in [7, 11) is 0. The molecular weight excluding hydrogens is 388 g/mol. The zero-order chi connectivity index (χ0) is 15.9. The normalized spacial score (nSPS) is 14.0. The van der Waals surface area contributed by atoms with Crippen LogP contribution < -0.4 is 9.77 Å². The van der Waals surface area contributed by atoms with E-state index in [9.17, 15) is 9.59 Å². The number of aryl methyl sites for hydroxylation is 2. The largest absolute Gasteiger partial charge is 0.309 e. The summed E-state index contributed by atoms with van der Waals surface area (Å²) in [5.41, 5.74) is 2.65. The van der Waals surface area contributed by atoms with E-state index in [0.29, 0.717) is 11.6 Å². The summed E-state index contributed by atoms with van der Waals surface area (Å²) in [6.45, 7) is 2.52. The second-order valence-corrected chi connectivity index (χ2v) is 7.42. The standard InChI is InChI=1S/C15H14BrClN2O2S/c1-9-8-22-15(21)19(9)7-13(20)18-4-2-3-10-5-11(16)6-12(17)14(10)18/h5-6,8H,2-4,7H2,1H3. The maximum absolute atomic E-state index is 12.7. The SMILES string of the molecule is Cc1csc(=O)n1CC(=O)N1CCCc2cc(Br)cc(Cl)c21. The van der Waals surface area contributed by atoms with Crippen LogP contribution in [0.3, 0.4) is 0 Å². The quantitative estimate of drug-likeness (QED) is 0.771. The van der Waals surface area contributed by atoms with Crippen LogP contribution in [-0.2, 0) is 17.8 Å². The molecule has 0 aliphatic carbocycles.